The highest BCUT2D eigenvalue weighted by atomic mass is 32.2. The average molecular weight is 457 g/mol. The minimum Gasteiger partial charge on any atom is -0.274 e. The van der Waals surface area contributed by atoms with Crippen LogP contribution < -0.4 is 4.90 Å². The van der Waals surface area contributed by atoms with E-state index >= 15 is 0 Å². The van der Waals surface area contributed by atoms with Gasteiger partial charge in [-0.2, -0.15) is 4.31 Å². The van der Waals surface area contributed by atoms with Gasteiger partial charge in [0.05, 0.1) is 17.0 Å². The van der Waals surface area contributed by atoms with Crippen molar-refractivity contribution in [2.45, 2.75) is 77.8 Å². The van der Waals surface area contributed by atoms with Crippen LogP contribution in [0.3, 0.4) is 0 Å². The molecule has 1 aliphatic rings. The van der Waals surface area contributed by atoms with E-state index in [0.29, 0.717) is 23.2 Å². The van der Waals surface area contributed by atoms with Gasteiger partial charge in [-0.15, -0.1) is 0 Å². The molecule has 3 rings (SSSR count). The summed E-state index contributed by atoms with van der Waals surface area (Å²) in [5, 5.41) is 0. The van der Waals surface area contributed by atoms with Gasteiger partial charge in [-0.3, -0.25) is 9.59 Å². The molecule has 1 unspecified atom stereocenters. The van der Waals surface area contributed by atoms with Crippen molar-refractivity contribution < 1.29 is 18.0 Å². The predicted molar refractivity (Wildman–Crippen MR) is 126 cm³/mol. The Morgan fingerprint density at radius 3 is 2.03 bits per heavy atom. The predicted octanol–water partition coefficient (Wildman–Crippen LogP) is 4.43. The third-order valence-electron chi connectivity index (χ3n) is 6.70. The molecule has 0 bridgehead atoms. The number of para-hydroxylation sites is 1. The molecule has 1 atom stereocenters. The second kappa shape index (κ2) is 8.45. The minimum atomic E-state index is -4.09. The second-order valence-electron chi connectivity index (χ2n) is 9.18. The molecule has 1 fully saturated rings. The first-order valence-electron chi connectivity index (χ1n) is 10.9. The van der Waals surface area contributed by atoms with E-state index in [1.165, 1.54) is 4.31 Å². The van der Waals surface area contributed by atoms with E-state index in [1.807, 2.05) is 26.8 Å². The Morgan fingerprint density at radius 1 is 1.00 bits per heavy atom. The van der Waals surface area contributed by atoms with Gasteiger partial charge in [-0.1, -0.05) is 31.2 Å². The number of nitrogens with zero attached hydrogens (tertiary/aromatic N) is 2. The maximum absolute atomic E-state index is 14.2. The number of hydrogen-bond acceptors (Lipinski definition) is 4. The van der Waals surface area contributed by atoms with E-state index in [4.69, 9.17) is 0 Å². The van der Waals surface area contributed by atoms with Crippen LogP contribution in [0.15, 0.2) is 41.3 Å². The maximum atomic E-state index is 14.2. The number of sulfonamides is 1. The number of rotatable bonds is 6. The monoisotopic (exact) mass is 456 g/mol. The minimum absolute atomic E-state index is 0.181. The molecule has 7 heteroatoms. The first kappa shape index (κ1) is 24.1. The van der Waals surface area contributed by atoms with E-state index in [-0.39, 0.29) is 11.3 Å². The van der Waals surface area contributed by atoms with Crippen LogP contribution in [0.2, 0.25) is 0 Å². The normalized spacial score (nSPS) is 17.5. The highest BCUT2D eigenvalue weighted by Crippen LogP contribution is 2.38. The lowest BCUT2D eigenvalue weighted by molar-refractivity contribution is -0.122. The van der Waals surface area contributed by atoms with Gasteiger partial charge in [-0.25, -0.2) is 13.3 Å². The third-order valence-corrected chi connectivity index (χ3v) is 9.09. The fourth-order valence-electron chi connectivity index (χ4n) is 4.38. The van der Waals surface area contributed by atoms with E-state index in [2.05, 4.69) is 0 Å². The zero-order valence-corrected chi connectivity index (χ0v) is 20.7. The first-order chi connectivity index (χ1) is 14.8. The van der Waals surface area contributed by atoms with E-state index in [9.17, 15) is 18.0 Å². The van der Waals surface area contributed by atoms with E-state index in [0.717, 1.165) is 16.0 Å². The van der Waals surface area contributed by atoms with Crippen molar-refractivity contribution in [2.24, 2.45) is 0 Å². The molecule has 2 aromatic carbocycles. The summed E-state index contributed by atoms with van der Waals surface area (Å²) in [7, 11) is -4.09. The van der Waals surface area contributed by atoms with Crippen molar-refractivity contribution in [3.63, 3.8) is 0 Å². The van der Waals surface area contributed by atoms with Crippen molar-refractivity contribution in [3.8, 4) is 0 Å². The van der Waals surface area contributed by atoms with Crippen LogP contribution in [0.1, 0.15) is 55.9 Å². The van der Waals surface area contributed by atoms with Crippen LogP contribution in [0, 0.1) is 27.7 Å². The molecule has 0 N–H and O–H groups in total. The Bertz CT molecular complexity index is 1140. The van der Waals surface area contributed by atoms with E-state index in [1.54, 1.807) is 58.0 Å². The summed E-state index contributed by atoms with van der Waals surface area (Å²) < 4.78 is 29.7. The summed E-state index contributed by atoms with van der Waals surface area (Å²) in [6.07, 6.45) is 0.303. The van der Waals surface area contributed by atoms with Gasteiger partial charge in [-0.05, 0) is 82.3 Å². The Morgan fingerprint density at radius 2 is 1.53 bits per heavy atom. The number of amides is 2. The fraction of sp³-hybridized carbons (Fsp3) is 0.440. The zero-order valence-electron chi connectivity index (χ0n) is 19.9. The van der Waals surface area contributed by atoms with Crippen LogP contribution in [-0.4, -0.2) is 36.1 Å². The fourth-order valence-corrected chi connectivity index (χ4v) is 6.96. The SMILES string of the molecule is CCC(C)(C)N(C1CC(=O)N(c2ccccc2)C1=O)S(=O)(=O)c1c(C)c(C)cc(C)c1C. The second-order valence-corrected chi connectivity index (χ2v) is 10.9. The lowest BCUT2D eigenvalue weighted by Crippen LogP contribution is -2.55. The van der Waals surface area contributed by atoms with Gasteiger partial charge in [0.2, 0.25) is 15.9 Å². The Balaban J connectivity index is 2.20. The molecule has 0 saturated carbocycles. The zero-order chi connectivity index (χ0) is 24.0. The van der Waals surface area contributed by atoms with E-state index < -0.39 is 33.4 Å². The van der Waals surface area contributed by atoms with Gasteiger partial charge in [0.1, 0.15) is 6.04 Å². The van der Waals surface area contributed by atoms with Crippen LogP contribution in [-0.2, 0) is 19.6 Å². The highest BCUT2D eigenvalue weighted by molar-refractivity contribution is 7.89. The quantitative estimate of drug-likeness (QED) is 0.603. The Kier molecular flexibility index (Phi) is 6.37. The number of aryl methyl sites for hydroxylation is 2. The van der Waals surface area contributed by atoms with Crippen LogP contribution in [0.5, 0.6) is 0 Å². The molecule has 0 spiro atoms. The average Bonchev–Trinajstić information content (AvgIpc) is 3.00. The van der Waals surface area contributed by atoms with Crippen molar-refractivity contribution >= 4 is 27.5 Å². The standard InChI is InChI=1S/C25H32N2O4S/c1-8-25(6,7)27(32(30,31)23-18(4)16(2)14-17(3)19(23)5)21-15-22(28)26(24(21)29)20-12-10-9-11-13-20/h9-14,21H,8,15H2,1-7H3. The lowest BCUT2D eigenvalue weighted by Gasteiger charge is -2.40. The highest BCUT2D eigenvalue weighted by Gasteiger charge is 2.52. The summed E-state index contributed by atoms with van der Waals surface area (Å²) in [6.45, 7) is 12.9. The van der Waals surface area contributed by atoms with Crippen LogP contribution >= 0.6 is 0 Å². The van der Waals surface area contributed by atoms with Crippen LogP contribution in [0.25, 0.3) is 0 Å². The smallest absolute Gasteiger partial charge is 0.252 e. The Hall–Kier alpha value is -2.51. The van der Waals surface area contributed by atoms with Crippen molar-refractivity contribution in [3.05, 3.63) is 58.7 Å². The van der Waals surface area contributed by atoms with Crippen molar-refractivity contribution in [1.29, 1.82) is 0 Å². The summed E-state index contributed by atoms with van der Waals surface area (Å²) in [5.74, 6) is -0.904. The Labute approximate surface area is 191 Å². The molecule has 172 valence electrons. The van der Waals surface area contributed by atoms with Gasteiger partial charge >= 0.3 is 0 Å². The van der Waals surface area contributed by atoms with Gasteiger partial charge in [0.25, 0.3) is 5.91 Å². The lowest BCUT2D eigenvalue weighted by atomic mass is 10.00. The van der Waals surface area contributed by atoms with Gasteiger partial charge in [0, 0.05) is 5.54 Å². The molecule has 0 radical (unpaired) electrons. The number of carbonyl (C=O) groups excluding carboxylic acids is 2. The van der Waals surface area contributed by atoms with Crippen molar-refractivity contribution in [1.82, 2.24) is 4.31 Å². The van der Waals surface area contributed by atoms with Crippen LogP contribution in [0.4, 0.5) is 5.69 Å². The van der Waals surface area contributed by atoms with Crippen molar-refractivity contribution in [2.75, 3.05) is 4.90 Å². The molecule has 1 heterocycles. The number of carbonyl (C=O) groups is 2. The number of imide groups is 1. The molecule has 32 heavy (non-hydrogen) atoms. The largest absolute Gasteiger partial charge is 0.274 e. The summed E-state index contributed by atoms with van der Waals surface area (Å²) in [5.41, 5.74) is 2.67. The van der Waals surface area contributed by atoms with Gasteiger partial charge < -0.3 is 0 Å². The maximum Gasteiger partial charge on any atom is 0.252 e. The molecule has 1 aliphatic heterocycles. The molecular weight excluding hydrogens is 424 g/mol. The van der Waals surface area contributed by atoms with Gasteiger partial charge in [0.15, 0.2) is 0 Å². The summed E-state index contributed by atoms with van der Waals surface area (Å²) >= 11 is 0. The molecule has 1 saturated heterocycles. The summed E-state index contributed by atoms with van der Waals surface area (Å²) in [4.78, 5) is 27.7. The summed E-state index contributed by atoms with van der Waals surface area (Å²) in [6, 6.07) is 9.53. The molecule has 2 aromatic rings. The number of anilines is 1. The molecular formula is C25H32N2O4S. The number of benzene rings is 2. The molecule has 6 nitrogen and oxygen atoms in total. The molecule has 0 aromatic heterocycles. The first-order valence-corrected chi connectivity index (χ1v) is 12.3. The molecule has 0 aliphatic carbocycles. The topological polar surface area (TPSA) is 74.8 Å². The number of hydrogen-bond donors (Lipinski definition) is 0. The molecule has 2 amide bonds. The third kappa shape index (κ3) is 3.88.